The minimum absolute atomic E-state index is 0.0819. The number of hydrogen-bond acceptors (Lipinski definition) is 5. The highest BCUT2D eigenvalue weighted by atomic mass is 32.2. The lowest BCUT2D eigenvalue weighted by Gasteiger charge is -2.24. The van der Waals surface area contributed by atoms with Crippen molar-refractivity contribution in [2.75, 3.05) is 13.2 Å². The molecule has 1 amide bonds. The highest BCUT2D eigenvalue weighted by Gasteiger charge is 2.37. The van der Waals surface area contributed by atoms with Gasteiger partial charge in [0.2, 0.25) is 20.9 Å². The van der Waals surface area contributed by atoms with Crippen LogP contribution >= 0.6 is 0 Å². The molecule has 178 valence electrons. The van der Waals surface area contributed by atoms with Gasteiger partial charge in [0.25, 0.3) is 0 Å². The third-order valence-electron chi connectivity index (χ3n) is 6.66. The van der Waals surface area contributed by atoms with Crippen LogP contribution in [-0.2, 0) is 38.2 Å². The monoisotopic (exact) mass is 475 g/mol. The van der Waals surface area contributed by atoms with E-state index in [1.165, 1.54) is 18.2 Å². The first kappa shape index (κ1) is 22.5. The van der Waals surface area contributed by atoms with Crippen molar-refractivity contribution < 1.29 is 22.3 Å². The molecule has 2 heterocycles. The summed E-state index contributed by atoms with van der Waals surface area (Å²) < 4.78 is 48.3. The molecule has 3 aliphatic rings. The van der Waals surface area contributed by atoms with Gasteiger partial charge in [0.05, 0.1) is 36.8 Å². The van der Waals surface area contributed by atoms with Gasteiger partial charge in [0.1, 0.15) is 5.82 Å². The van der Waals surface area contributed by atoms with E-state index in [0.29, 0.717) is 37.9 Å². The number of amides is 1. The Morgan fingerprint density at radius 3 is 2.64 bits per heavy atom. The third kappa shape index (κ3) is 5.30. The highest BCUT2D eigenvalue weighted by molar-refractivity contribution is 7.90. The fourth-order valence-corrected chi connectivity index (χ4v) is 5.98. The minimum atomic E-state index is -3.91. The number of sulfone groups is 1. The van der Waals surface area contributed by atoms with Crippen LogP contribution in [0.25, 0.3) is 0 Å². The lowest BCUT2D eigenvalue weighted by molar-refractivity contribution is -0.133. The Morgan fingerprint density at radius 2 is 1.97 bits per heavy atom. The molecule has 0 radical (unpaired) electrons. The number of halogens is 1. The maximum Gasteiger partial charge on any atom is 0.228 e. The summed E-state index contributed by atoms with van der Waals surface area (Å²) in [6, 6.07) is 5.89. The van der Waals surface area contributed by atoms with Gasteiger partial charge in [-0.15, -0.1) is 0 Å². The Bertz CT molecular complexity index is 1120. The van der Waals surface area contributed by atoms with Crippen molar-refractivity contribution in [1.82, 2.24) is 14.5 Å². The number of hydrogen-bond donors (Lipinski definition) is 0. The quantitative estimate of drug-likeness (QED) is 0.527. The number of benzene rings is 1. The zero-order valence-electron chi connectivity index (χ0n) is 18.7. The number of ether oxygens (including phenoxy) is 1. The van der Waals surface area contributed by atoms with Crippen LogP contribution in [0.5, 0.6) is 0 Å². The molecule has 33 heavy (non-hydrogen) atoms. The van der Waals surface area contributed by atoms with Crippen molar-refractivity contribution in [1.29, 1.82) is 0 Å². The van der Waals surface area contributed by atoms with Crippen LogP contribution in [0.4, 0.5) is 4.39 Å². The third-order valence-corrected chi connectivity index (χ3v) is 8.23. The van der Waals surface area contributed by atoms with E-state index < -0.39 is 21.4 Å². The Labute approximate surface area is 193 Å². The van der Waals surface area contributed by atoms with Gasteiger partial charge in [-0.3, -0.25) is 4.79 Å². The Hall–Kier alpha value is -2.26. The maximum atomic E-state index is 14.2. The smallest absolute Gasteiger partial charge is 0.228 e. The second kappa shape index (κ2) is 9.18. The second-order valence-corrected chi connectivity index (χ2v) is 11.4. The predicted octanol–water partition coefficient (Wildman–Crippen LogP) is 3.32. The Morgan fingerprint density at radius 1 is 1.18 bits per heavy atom. The van der Waals surface area contributed by atoms with E-state index in [9.17, 15) is 17.6 Å². The second-order valence-electron chi connectivity index (χ2n) is 9.56. The van der Waals surface area contributed by atoms with Crippen molar-refractivity contribution in [3.8, 4) is 0 Å². The van der Waals surface area contributed by atoms with Crippen LogP contribution in [0.1, 0.15) is 49.8 Å². The molecule has 7 nitrogen and oxygen atoms in total. The first-order valence-electron chi connectivity index (χ1n) is 11.8. The van der Waals surface area contributed by atoms with Crippen molar-refractivity contribution >= 4 is 15.7 Å². The predicted molar refractivity (Wildman–Crippen MR) is 119 cm³/mol. The van der Waals surface area contributed by atoms with E-state index in [1.807, 2.05) is 4.90 Å². The fourth-order valence-electron chi connectivity index (χ4n) is 4.47. The van der Waals surface area contributed by atoms with Gasteiger partial charge < -0.3 is 14.2 Å². The zero-order chi connectivity index (χ0) is 23.0. The van der Waals surface area contributed by atoms with Gasteiger partial charge in [-0.2, -0.15) is 0 Å². The standard InChI is InChI=1S/C24H30FN3O4S/c25-22-6-2-1-4-19(22)16-33(30,31)24-26-12-20(28(24)15-21-5-3-11-32-21)14-27(13-17-7-8-17)23(29)18-9-10-18/h1-2,4,6,12,17-18,21H,3,5,7-11,13-16H2. The number of carbonyl (C=O) groups excluding carboxylic acids is 1. The minimum Gasteiger partial charge on any atom is -0.376 e. The summed E-state index contributed by atoms with van der Waals surface area (Å²) in [6.07, 6.45) is 7.35. The normalized spacial score (nSPS) is 20.8. The van der Waals surface area contributed by atoms with Gasteiger partial charge in [-0.05, 0) is 50.5 Å². The summed E-state index contributed by atoms with van der Waals surface area (Å²) in [4.78, 5) is 19.1. The summed E-state index contributed by atoms with van der Waals surface area (Å²) in [7, 11) is -3.91. The number of carbonyl (C=O) groups is 1. The molecule has 1 unspecified atom stereocenters. The topological polar surface area (TPSA) is 81.5 Å². The Kier molecular flexibility index (Phi) is 6.26. The molecule has 1 aromatic heterocycles. The van der Waals surface area contributed by atoms with Crippen LogP contribution in [0.3, 0.4) is 0 Å². The van der Waals surface area contributed by atoms with E-state index >= 15 is 0 Å². The average molecular weight is 476 g/mol. The molecular formula is C24H30FN3O4S. The molecule has 0 bridgehead atoms. The number of nitrogens with zero attached hydrogens (tertiary/aromatic N) is 3. The fraction of sp³-hybridized carbons (Fsp3) is 0.583. The summed E-state index contributed by atoms with van der Waals surface area (Å²) in [6.45, 7) is 2.05. The molecule has 1 aliphatic heterocycles. The molecule has 9 heteroatoms. The number of aromatic nitrogens is 2. The van der Waals surface area contributed by atoms with Gasteiger partial charge in [0, 0.05) is 24.6 Å². The molecule has 1 aromatic carbocycles. The molecule has 1 atom stereocenters. The van der Waals surface area contributed by atoms with Gasteiger partial charge in [0.15, 0.2) is 0 Å². The van der Waals surface area contributed by atoms with Crippen LogP contribution in [0, 0.1) is 17.7 Å². The van der Waals surface area contributed by atoms with Crippen molar-refractivity contribution in [2.45, 2.75) is 68.6 Å². The van der Waals surface area contributed by atoms with E-state index in [1.54, 1.807) is 16.8 Å². The zero-order valence-corrected chi connectivity index (χ0v) is 19.5. The Balaban J connectivity index is 1.44. The molecule has 2 aromatic rings. The summed E-state index contributed by atoms with van der Waals surface area (Å²) in [5, 5.41) is -0.0819. The van der Waals surface area contributed by atoms with Crippen molar-refractivity contribution in [2.24, 2.45) is 11.8 Å². The first-order valence-corrected chi connectivity index (χ1v) is 13.5. The lowest BCUT2D eigenvalue weighted by atomic mass is 10.2. The SMILES string of the molecule is O=C(C1CC1)N(Cc1cnc(S(=O)(=O)Cc2ccccc2F)n1CC1CCCO1)CC1CC1. The molecule has 1 saturated heterocycles. The molecule has 0 spiro atoms. The van der Waals surface area contributed by atoms with Crippen molar-refractivity contribution in [3.63, 3.8) is 0 Å². The van der Waals surface area contributed by atoms with Crippen LogP contribution < -0.4 is 0 Å². The summed E-state index contributed by atoms with van der Waals surface area (Å²) >= 11 is 0. The summed E-state index contributed by atoms with van der Waals surface area (Å²) in [5.41, 5.74) is 0.803. The molecule has 3 fully saturated rings. The molecule has 2 saturated carbocycles. The van der Waals surface area contributed by atoms with E-state index in [-0.39, 0.29) is 28.6 Å². The van der Waals surface area contributed by atoms with E-state index in [0.717, 1.165) is 38.5 Å². The lowest BCUT2D eigenvalue weighted by Crippen LogP contribution is -2.35. The first-order chi connectivity index (χ1) is 15.9. The van der Waals surface area contributed by atoms with Crippen LogP contribution in [0.15, 0.2) is 35.6 Å². The van der Waals surface area contributed by atoms with Crippen LogP contribution in [-0.4, -0.2) is 48.0 Å². The highest BCUT2D eigenvalue weighted by Crippen LogP contribution is 2.35. The number of imidazole rings is 1. The number of rotatable bonds is 10. The molecular weight excluding hydrogens is 445 g/mol. The maximum absolute atomic E-state index is 14.2. The largest absolute Gasteiger partial charge is 0.376 e. The van der Waals surface area contributed by atoms with Gasteiger partial charge in [-0.1, -0.05) is 18.2 Å². The summed E-state index contributed by atoms with van der Waals surface area (Å²) in [5.74, 6) is -0.227. The van der Waals surface area contributed by atoms with Gasteiger partial charge in [-0.25, -0.2) is 17.8 Å². The molecule has 5 rings (SSSR count). The van der Waals surface area contributed by atoms with Crippen molar-refractivity contribution in [3.05, 3.63) is 47.5 Å². The molecule has 2 aliphatic carbocycles. The average Bonchev–Trinajstić information content (AvgIpc) is 3.71. The van der Waals surface area contributed by atoms with Gasteiger partial charge >= 0.3 is 0 Å². The van der Waals surface area contributed by atoms with E-state index in [4.69, 9.17) is 4.74 Å². The van der Waals surface area contributed by atoms with Crippen LogP contribution in [0.2, 0.25) is 0 Å². The molecule has 0 N–H and O–H groups in total. The van der Waals surface area contributed by atoms with E-state index in [2.05, 4.69) is 4.98 Å².